The number of benzene rings is 6. The van der Waals surface area contributed by atoms with Gasteiger partial charge >= 0.3 is 0 Å². The van der Waals surface area contributed by atoms with Crippen molar-refractivity contribution in [2.24, 2.45) is 0 Å². The van der Waals surface area contributed by atoms with Gasteiger partial charge in [-0.1, -0.05) is 109 Å². The summed E-state index contributed by atoms with van der Waals surface area (Å²) in [5.74, 6) is 0. The summed E-state index contributed by atoms with van der Waals surface area (Å²) in [6.07, 6.45) is 6.15. The van der Waals surface area contributed by atoms with Gasteiger partial charge in [0, 0.05) is 45.7 Å². The van der Waals surface area contributed by atoms with Gasteiger partial charge in [-0.2, -0.15) is 0 Å². The number of fused-ring (bicyclic) bond motifs is 5. The van der Waals surface area contributed by atoms with Gasteiger partial charge in [0.1, 0.15) is 0 Å². The first kappa shape index (κ1) is 28.1. The van der Waals surface area contributed by atoms with Crippen LogP contribution >= 0.6 is 0 Å². The maximum absolute atomic E-state index is 4.94. The summed E-state index contributed by atoms with van der Waals surface area (Å²) in [6.45, 7) is 3.04. The zero-order valence-corrected chi connectivity index (χ0v) is 26.7. The van der Waals surface area contributed by atoms with E-state index in [1.807, 2.05) is 12.4 Å². The van der Waals surface area contributed by atoms with Crippen LogP contribution in [0.1, 0.15) is 12.5 Å². The molecule has 6 aromatic carbocycles. The molecule has 48 heavy (non-hydrogen) atoms. The summed E-state index contributed by atoms with van der Waals surface area (Å²) in [5.41, 5.74) is 14.2. The fraction of sp³-hybridized carbons (Fsp3) is 0.0444. The number of pyridine rings is 1. The smallest absolute Gasteiger partial charge is 0.0703 e. The third-order valence-electron chi connectivity index (χ3n) is 9.63. The van der Waals surface area contributed by atoms with E-state index in [9.17, 15) is 0 Å². The van der Waals surface area contributed by atoms with Crippen LogP contribution in [0.25, 0.3) is 77.3 Å². The molecule has 0 unspecified atom stereocenters. The van der Waals surface area contributed by atoms with Crippen LogP contribution in [0.3, 0.4) is 0 Å². The normalized spacial score (nSPS) is 13.0. The molecule has 0 fully saturated rings. The summed E-state index contributed by atoms with van der Waals surface area (Å²) >= 11 is 0. The van der Waals surface area contributed by atoms with Crippen LogP contribution in [0.5, 0.6) is 0 Å². The zero-order chi connectivity index (χ0) is 32.0. The minimum atomic E-state index is 0.867. The van der Waals surface area contributed by atoms with Gasteiger partial charge in [0.15, 0.2) is 0 Å². The second kappa shape index (κ2) is 11.6. The summed E-state index contributed by atoms with van der Waals surface area (Å²) in [6, 6.07) is 52.7. The lowest BCUT2D eigenvalue weighted by Crippen LogP contribution is -2.13. The van der Waals surface area contributed by atoms with E-state index in [0.717, 1.165) is 29.1 Å². The topological polar surface area (TPSA) is 29.9 Å². The third-order valence-corrected chi connectivity index (χ3v) is 9.63. The van der Waals surface area contributed by atoms with E-state index in [2.05, 4.69) is 168 Å². The molecule has 1 N–H and O–H groups in total. The Bertz CT molecular complexity index is 2540. The number of rotatable bonds is 5. The molecule has 0 saturated carbocycles. The molecule has 1 aliphatic heterocycles. The van der Waals surface area contributed by atoms with Crippen LogP contribution < -0.4 is 5.32 Å². The molecule has 0 aliphatic carbocycles. The van der Waals surface area contributed by atoms with Gasteiger partial charge in [-0.15, -0.1) is 0 Å². The summed E-state index contributed by atoms with van der Waals surface area (Å²) in [5, 5.41) is 8.22. The maximum atomic E-state index is 4.94. The van der Waals surface area contributed by atoms with Crippen molar-refractivity contribution in [2.75, 3.05) is 6.54 Å². The molecular weight excluding hydrogens is 583 g/mol. The molecule has 0 spiro atoms. The van der Waals surface area contributed by atoms with Gasteiger partial charge in [-0.05, 0) is 94.4 Å². The fourth-order valence-corrected chi connectivity index (χ4v) is 7.19. The first-order chi connectivity index (χ1) is 23.7. The zero-order valence-electron chi connectivity index (χ0n) is 26.7. The number of nitrogens with one attached hydrogen (secondary N) is 1. The second-order valence-electron chi connectivity index (χ2n) is 12.6. The molecule has 3 heteroatoms. The maximum Gasteiger partial charge on any atom is 0.0703 e. The van der Waals surface area contributed by atoms with E-state index in [-0.39, 0.29) is 0 Å². The summed E-state index contributed by atoms with van der Waals surface area (Å²) in [7, 11) is 0. The van der Waals surface area contributed by atoms with Crippen molar-refractivity contribution in [3.8, 4) is 39.2 Å². The molecule has 228 valence electrons. The Kier molecular flexibility index (Phi) is 6.76. The van der Waals surface area contributed by atoms with E-state index >= 15 is 0 Å². The molecule has 1 aliphatic rings. The van der Waals surface area contributed by atoms with Crippen LogP contribution in [-0.2, 0) is 0 Å². The number of allylic oxidation sites excluding steroid dienone is 2. The summed E-state index contributed by atoms with van der Waals surface area (Å²) < 4.78 is 2.43. The van der Waals surface area contributed by atoms with Crippen LogP contribution in [0, 0.1) is 0 Å². The standard InChI is InChI=1S/C45H33N3/c1-30-28-46-24-23-39(30)37-18-22-43(47-29-37)36-17-20-41-42-21-16-35-26-34(33-12-8-11-32(25-33)31-9-4-2-5-10-31)15-19-40(35)45(42)48(44(41)27-36)38-13-6-3-7-14-38/h2-27,29,46H,28H2,1H3. The van der Waals surface area contributed by atoms with Crippen molar-refractivity contribution in [2.45, 2.75) is 6.92 Å². The van der Waals surface area contributed by atoms with E-state index in [1.165, 1.54) is 66.0 Å². The van der Waals surface area contributed by atoms with Gasteiger partial charge in [0.2, 0.25) is 0 Å². The highest BCUT2D eigenvalue weighted by Gasteiger charge is 2.17. The fourth-order valence-electron chi connectivity index (χ4n) is 7.19. The molecule has 0 radical (unpaired) electrons. The van der Waals surface area contributed by atoms with Crippen LogP contribution in [0.4, 0.5) is 0 Å². The highest BCUT2D eigenvalue weighted by Crippen LogP contribution is 2.39. The summed E-state index contributed by atoms with van der Waals surface area (Å²) in [4.78, 5) is 4.94. The predicted molar refractivity (Wildman–Crippen MR) is 202 cm³/mol. The van der Waals surface area contributed by atoms with Crippen molar-refractivity contribution in [3.63, 3.8) is 0 Å². The Hall–Kier alpha value is -6.19. The third kappa shape index (κ3) is 4.80. The molecule has 3 nitrogen and oxygen atoms in total. The van der Waals surface area contributed by atoms with Gasteiger partial charge in [0.05, 0.1) is 16.7 Å². The molecule has 0 bridgehead atoms. The molecular formula is C45H33N3. The molecule has 0 atom stereocenters. The van der Waals surface area contributed by atoms with E-state index in [1.54, 1.807) is 0 Å². The second-order valence-corrected chi connectivity index (χ2v) is 12.6. The molecule has 8 aromatic rings. The quantitative estimate of drug-likeness (QED) is 0.209. The number of hydrogen-bond donors (Lipinski definition) is 1. The molecule has 2 aromatic heterocycles. The first-order valence-corrected chi connectivity index (χ1v) is 16.5. The lowest BCUT2D eigenvalue weighted by atomic mass is 9.96. The van der Waals surface area contributed by atoms with Gasteiger partial charge < -0.3 is 9.88 Å². The lowest BCUT2D eigenvalue weighted by Gasteiger charge is -2.14. The Morgan fingerprint density at radius 1 is 0.562 bits per heavy atom. The molecule has 0 amide bonds. The Morgan fingerprint density at radius 2 is 1.25 bits per heavy atom. The largest absolute Gasteiger partial charge is 0.387 e. The van der Waals surface area contributed by atoms with Crippen molar-refractivity contribution in [3.05, 3.63) is 175 Å². The van der Waals surface area contributed by atoms with Crippen LogP contribution in [-0.4, -0.2) is 16.1 Å². The van der Waals surface area contributed by atoms with E-state index in [0.29, 0.717) is 0 Å². The van der Waals surface area contributed by atoms with E-state index in [4.69, 9.17) is 4.98 Å². The average molecular weight is 616 g/mol. The Balaban J connectivity index is 1.19. The molecule has 0 saturated heterocycles. The Labute approximate surface area is 280 Å². The number of aromatic nitrogens is 2. The van der Waals surface area contributed by atoms with Gasteiger partial charge in [-0.3, -0.25) is 4.98 Å². The van der Waals surface area contributed by atoms with Crippen molar-refractivity contribution in [1.29, 1.82) is 0 Å². The first-order valence-electron chi connectivity index (χ1n) is 16.5. The van der Waals surface area contributed by atoms with Crippen molar-refractivity contribution < 1.29 is 0 Å². The minimum absolute atomic E-state index is 0.867. The van der Waals surface area contributed by atoms with Crippen molar-refractivity contribution >= 4 is 38.2 Å². The lowest BCUT2D eigenvalue weighted by molar-refractivity contribution is 0.925. The molecule has 9 rings (SSSR count). The molecule has 3 heterocycles. The number of hydrogen-bond acceptors (Lipinski definition) is 2. The van der Waals surface area contributed by atoms with Gasteiger partial charge in [-0.25, -0.2) is 0 Å². The van der Waals surface area contributed by atoms with E-state index < -0.39 is 0 Å². The van der Waals surface area contributed by atoms with Crippen LogP contribution in [0.15, 0.2) is 170 Å². The highest BCUT2D eigenvalue weighted by atomic mass is 15.0. The highest BCUT2D eigenvalue weighted by molar-refractivity contribution is 6.19. The number of nitrogens with zero attached hydrogens (tertiary/aromatic N) is 2. The number of dihydropyridines is 1. The van der Waals surface area contributed by atoms with Gasteiger partial charge in [0.25, 0.3) is 0 Å². The SMILES string of the molecule is CC1=C(c2ccc(-c3ccc4c5ccc6cc(-c7cccc(-c8ccccc8)c7)ccc6c5n(-c5ccccc5)c4c3)nc2)C=CNC1. The monoisotopic (exact) mass is 615 g/mol. The predicted octanol–water partition coefficient (Wildman–Crippen LogP) is 11.2. The minimum Gasteiger partial charge on any atom is -0.387 e. The van der Waals surface area contributed by atoms with Crippen molar-refractivity contribution in [1.82, 2.24) is 14.9 Å². The Morgan fingerprint density at radius 3 is 2.04 bits per heavy atom. The van der Waals surface area contributed by atoms with Crippen LogP contribution in [0.2, 0.25) is 0 Å². The average Bonchev–Trinajstić information content (AvgIpc) is 3.50. The number of para-hydroxylation sites is 1.